The van der Waals surface area contributed by atoms with Crippen molar-refractivity contribution in [1.29, 1.82) is 0 Å². The number of methoxy groups -OCH3 is 2. The van der Waals surface area contributed by atoms with Crippen molar-refractivity contribution >= 4 is 34.6 Å². The lowest BCUT2D eigenvalue weighted by Crippen LogP contribution is -2.53. The first-order chi connectivity index (χ1) is 19.9. The number of carbonyl (C=O) groups excluding carboxylic acids is 4. The highest BCUT2D eigenvalue weighted by atomic mass is 16.5. The highest BCUT2D eigenvalue weighted by Gasteiger charge is 2.35. The largest absolute Gasteiger partial charge is 0.490 e. The van der Waals surface area contributed by atoms with Gasteiger partial charge >= 0.3 is 5.97 Å². The number of carbonyl (C=O) groups is 4. The van der Waals surface area contributed by atoms with Gasteiger partial charge in [-0.05, 0) is 49.8 Å². The van der Waals surface area contributed by atoms with E-state index < -0.39 is 35.8 Å². The van der Waals surface area contributed by atoms with Crippen LogP contribution in [0.2, 0.25) is 0 Å². The molecule has 1 aromatic carbocycles. The van der Waals surface area contributed by atoms with Crippen LogP contribution in [0.15, 0.2) is 24.3 Å². The molecule has 0 unspecified atom stereocenters. The van der Waals surface area contributed by atoms with Gasteiger partial charge < -0.3 is 39.9 Å². The van der Waals surface area contributed by atoms with E-state index in [1.54, 1.807) is 13.2 Å². The zero-order valence-corrected chi connectivity index (χ0v) is 23.7. The number of hydrogen-bond donors (Lipinski definition) is 4. The maximum atomic E-state index is 13.4. The van der Waals surface area contributed by atoms with Crippen molar-refractivity contribution in [3.05, 3.63) is 30.0 Å². The molecule has 2 heterocycles. The molecule has 0 bridgehead atoms. The van der Waals surface area contributed by atoms with Gasteiger partial charge in [-0.3, -0.25) is 14.4 Å². The molecule has 3 atom stereocenters. The van der Waals surface area contributed by atoms with Gasteiger partial charge in [0.2, 0.25) is 11.8 Å². The van der Waals surface area contributed by atoms with E-state index in [2.05, 4.69) is 20.9 Å². The molecular formula is C29H40N4O8. The van der Waals surface area contributed by atoms with Crippen molar-refractivity contribution in [2.45, 2.75) is 50.6 Å². The number of fused-ring (bicyclic) bond motifs is 1. The lowest BCUT2D eigenvalue weighted by atomic mass is 9.91. The van der Waals surface area contributed by atoms with Crippen molar-refractivity contribution in [2.75, 3.05) is 47.2 Å². The number of nitrogens with one attached hydrogen (secondary N) is 4. The smallest absolute Gasteiger partial charge is 0.328 e. The SMILES string of the molecule is COCCOCCOc1cccc2[nH]c(C(=O)N[C@@H](CC3CC3)C(=O)N[C@@H](C[C@@H]3CCCNC3=O)C(=O)OC)cc12. The van der Waals surface area contributed by atoms with Gasteiger partial charge in [0.15, 0.2) is 0 Å². The third-order valence-electron chi connectivity index (χ3n) is 7.40. The van der Waals surface area contributed by atoms with Crippen molar-refractivity contribution < 1.29 is 38.1 Å². The molecule has 1 saturated heterocycles. The average molecular weight is 573 g/mol. The van der Waals surface area contributed by atoms with E-state index in [0.29, 0.717) is 63.0 Å². The Labute approximate surface area is 239 Å². The Morgan fingerprint density at radius 1 is 1.00 bits per heavy atom. The predicted octanol–water partition coefficient (Wildman–Crippen LogP) is 1.68. The van der Waals surface area contributed by atoms with Crippen LogP contribution in [0, 0.1) is 11.8 Å². The second-order valence-corrected chi connectivity index (χ2v) is 10.5. The number of ether oxygens (including phenoxy) is 4. The van der Waals surface area contributed by atoms with Gasteiger partial charge in [0.1, 0.15) is 30.1 Å². The molecule has 1 aliphatic heterocycles. The summed E-state index contributed by atoms with van der Waals surface area (Å²) in [4.78, 5) is 54.6. The van der Waals surface area contributed by atoms with Gasteiger partial charge in [0.05, 0.1) is 26.9 Å². The number of esters is 1. The zero-order valence-electron chi connectivity index (χ0n) is 23.7. The predicted molar refractivity (Wildman–Crippen MR) is 149 cm³/mol. The van der Waals surface area contributed by atoms with Crippen molar-refractivity contribution in [2.24, 2.45) is 11.8 Å². The Morgan fingerprint density at radius 2 is 1.80 bits per heavy atom. The van der Waals surface area contributed by atoms with E-state index in [1.807, 2.05) is 18.2 Å². The minimum atomic E-state index is -0.994. The Kier molecular flexibility index (Phi) is 11.0. The molecule has 12 heteroatoms. The minimum absolute atomic E-state index is 0.135. The number of rotatable bonds is 16. The number of hydrogen-bond acceptors (Lipinski definition) is 8. The van der Waals surface area contributed by atoms with Gasteiger partial charge in [-0.25, -0.2) is 4.79 Å². The van der Waals surface area contributed by atoms with Crippen LogP contribution >= 0.6 is 0 Å². The van der Waals surface area contributed by atoms with E-state index in [0.717, 1.165) is 24.6 Å². The monoisotopic (exact) mass is 572 g/mol. The number of H-pyrrole nitrogens is 1. The molecule has 2 aliphatic rings. The van der Waals surface area contributed by atoms with Crippen LogP contribution in [-0.2, 0) is 28.6 Å². The van der Waals surface area contributed by atoms with Crippen LogP contribution in [0.25, 0.3) is 10.9 Å². The molecule has 4 rings (SSSR count). The van der Waals surface area contributed by atoms with E-state index in [4.69, 9.17) is 18.9 Å². The van der Waals surface area contributed by atoms with Crippen LogP contribution < -0.4 is 20.7 Å². The highest BCUT2D eigenvalue weighted by Crippen LogP contribution is 2.34. The van der Waals surface area contributed by atoms with E-state index in [-0.39, 0.29) is 18.0 Å². The third-order valence-corrected chi connectivity index (χ3v) is 7.40. The maximum Gasteiger partial charge on any atom is 0.328 e. The summed E-state index contributed by atoms with van der Waals surface area (Å²) in [7, 11) is 2.85. The molecule has 3 amide bonds. The zero-order chi connectivity index (χ0) is 29.2. The molecule has 224 valence electrons. The van der Waals surface area contributed by atoms with E-state index in [9.17, 15) is 19.2 Å². The molecule has 1 aliphatic carbocycles. The fourth-order valence-electron chi connectivity index (χ4n) is 4.96. The van der Waals surface area contributed by atoms with Crippen LogP contribution in [0.1, 0.15) is 49.0 Å². The summed E-state index contributed by atoms with van der Waals surface area (Å²) in [6.45, 7) is 2.32. The fourth-order valence-corrected chi connectivity index (χ4v) is 4.96. The minimum Gasteiger partial charge on any atom is -0.490 e. The molecule has 4 N–H and O–H groups in total. The van der Waals surface area contributed by atoms with Gasteiger partial charge in [0.25, 0.3) is 5.91 Å². The van der Waals surface area contributed by atoms with E-state index in [1.165, 1.54) is 7.11 Å². The normalized spacial score (nSPS) is 18.3. The molecular weight excluding hydrogens is 532 g/mol. The van der Waals surface area contributed by atoms with Gasteiger partial charge in [-0.2, -0.15) is 0 Å². The van der Waals surface area contributed by atoms with Crippen molar-refractivity contribution in [1.82, 2.24) is 20.9 Å². The van der Waals surface area contributed by atoms with Gasteiger partial charge in [-0.1, -0.05) is 18.9 Å². The number of amides is 3. The maximum absolute atomic E-state index is 13.4. The Hall–Kier alpha value is -3.64. The summed E-state index contributed by atoms with van der Waals surface area (Å²) < 4.78 is 21.2. The summed E-state index contributed by atoms with van der Waals surface area (Å²) in [5.74, 6) is -1.16. The fraction of sp³-hybridized carbons (Fsp3) is 0.586. The molecule has 1 aromatic heterocycles. The summed E-state index contributed by atoms with van der Waals surface area (Å²) in [6.07, 6.45) is 3.97. The second-order valence-electron chi connectivity index (χ2n) is 10.5. The Morgan fingerprint density at radius 3 is 2.54 bits per heavy atom. The topological polar surface area (TPSA) is 157 Å². The highest BCUT2D eigenvalue weighted by molar-refractivity contribution is 6.01. The third kappa shape index (κ3) is 8.67. The lowest BCUT2D eigenvalue weighted by Gasteiger charge is -2.27. The summed E-state index contributed by atoms with van der Waals surface area (Å²) in [5, 5.41) is 9.12. The molecule has 2 aromatic rings. The molecule has 1 saturated carbocycles. The first-order valence-electron chi connectivity index (χ1n) is 14.2. The van der Waals surface area contributed by atoms with Gasteiger partial charge in [0, 0.05) is 30.5 Å². The van der Waals surface area contributed by atoms with Gasteiger partial charge in [-0.15, -0.1) is 0 Å². The molecule has 0 radical (unpaired) electrons. The second kappa shape index (κ2) is 14.8. The van der Waals surface area contributed by atoms with Crippen LogP contribution in [0.3, 0.4) is 0 Å². The summed E-state index contributed by atoms with van der Waals surface area (Å²) >= 11 is 0. The number of aromatic amines is 1. The van der Waals surface area contributed by atoms with Crippen molar-refractivity contribution in [3.63, 3.8) is 0 Å². The Balaban J connectivity index is 1.41. The molecule has 41 heavy (non-hydrogen) atoms. The van der Waals surface area contributed by atoms with Crippen molar-refractivity contribution in [3.8, 4) is 5.75 Å². The molecule has 0 spiro atoms. The summed E-state index contributed by atoms with van der Waals surface area (Å²) in [5.41, 5.74) is 0.997. The number of benzene rings is 1. The summed E-state index contributed by atoms with van der Waals surface area (Å²) in [6, 6.07) is 5.32. The van der Waals surface area contributed by atoms with Crippen LogP contribution in [0.5, 0.6) is 5.75 Å². The Bertz CT molecular complexity index is 1210. The number of aromatic nitrogens is 1. The lowest BCUT2D eigenvalue weighted by molar-refractivity contribution is -0.146. The average Bonchev–Trinajstić information content (AvgIpc) is 3.68. The number of piperidine rings is 1. The standard InChI is InChI=1S/C29H40N4O8/c1-38-11-12-40-13-14-41-25-7-3-6-21-20(25)17-23(31-21)28(36)32-22(15-18-8-9-18)27(35)33-24(29(37)39-2)16-19-5-4-10-30-26(19)34/h3,6-7,17-19,22,24,31H,4-5,8-16H2,1-2H3,(H,30,34)(H,32,36)(H,33,35)/t19-,22-,24-/m0/s1. The molecule has 2 fully saturated rings. The van der Waals surface area contributed by atoms with E-state index >= 15 is 0 Å². The quantitative estimate of drug-likeness (QED) is 0.175. The first kappa shape index (κ1) is 30.3. The van der Waals surface area contributed by atoms with Crippen LogP contribution in [-0.4, -0.2) is 88.0 Å². The van der Waals surface area contributed by atoms with Crippen LogP contribution in [0.4, 0.5) is 0 Å². The first-order valence-corrected chi connectivity index (χ1v) is 14.2. The molecule has 12 nitrogen and oxygen atoms in total.